The van der Waals surface area contributed by atoms with Crippen molar-refractivity contribution in [2.75, 3.05) is 18.5 Å². The minimum absolute atomic E-state index is 0.0225. The number of esters is 1. The van der Waals surface area contributed by atoms with Crippen LogP contribution in [0, 0.1) is 26.9 Å². The van der Waals surface area contributed by atoms with Gasteiger partial charge < -0.3 is 10.1 Å². The van der Waals surface area contributed by atoms with Gasteiger partial charge in [-0.2, -0.15) is 5.26 Å². The molecule has 0 saturated carbocycles. The largest absolute Gasteiger partial charge is 0.465 e. The second-order valence-electron chi connectivity index (χ2n) is 6.97. The van der Waals surface area contributed by atoms with Gasteiger partial charge in [0.05, 0.1) is 29.7 Å². The van der Waals surface area contributed by atoms with Crippen molar-refractivity contribution in [3.63, 3.8) is 0 Å². The van der Waals surface area contributed by atoms with Crippen LogP contribution in [0.25, 0.3) is 0 Å². The maximum Gasteiger partial charge on any atom is 0.328 e. The van der Waals surface area contributed by atoms with Crippen LogP contribution in [0.4, 0.5) is 11.4 Å². The molecule has 1 rings (SSSR count). The molecule has 1 aromatic rings. The first-order chi connectivity index (χ1) is 12.1. The van der Waals surface area contributed by atoms with E-state index in [1.165, 1.54) is 18.2 Å². The van der Waals surface area contributed by atoms with Crippen LogP contribution < -0.4 is 5.32 Å². The summed E-state index contributed by atoms with van der Waals surface area (Å²) < 4.78 is 4.80. The van der Waals surface area contributed by atoms with Crippen molar-refractivity contribution in [1.29, 1.82) is 5.26 Å². The molecular formula is C18H23N3O5. The average Bonchev–Trinajstić information content (AvgIpc) is 2.52. The summed E-state index contributed by atoms with van der Waals surface area (Å²) >= 11 is 0. The van der Waals surface area contributed by atoms with Gasteiger partial charge in [-0.05, 0) is 24.5 Å². The lowest BCUT2D eigenvalue weighted by molar-refractivity contribution is -0.385. The van der Waals surface area contributed by atoms with Crippen LogP contribution in [0.5, 0.6) is 0 Å². The van der Waals surface area contributed by atoms with E-state index in [0.29, 0.717) is 12.1 Å². The maximum atomic E-state index is 11.9. The lowest BCUT2D eigenvalue weighted by Crippen LogP contribution is -2.20. The number of nitrogens with one attached hydrogen (secondary N) is 1. The zero-order valence-corrected chi connectivity index (χ0v) is 15.4. The summed E-state index contributed by atoms with van der Waals surface area (Å²) in [7, 11) is 0. The number of ether oxygens (including phenoxy) is 1. The van der Waals surface area contributed by atoms with Crippen molar-refractivity contribution in [1.82, 2.24) is 0 Å². The normalized spacial score (nSPS) is 12.0. The lowest BCUT2D eigenvalue weighted by Gasteiger charge is -2.17. The first-order valence-electron chi connectivity index (χ1n) is 8.19. The highest BCUT2D eigenvalue weighted by Crippen LogP contribution is 2.30. The molecule has 0 bridgehead atoms. The SMILES string of the molecule is CCOC(=O)C(C#N)c1ccc(NCC(=O)CC(C)(C)C)cc1[N+](=O)[O-]. The van der Waals surface area contributed by atoms with Gasteiger partial charge in [-0.1, -0.05) is 20.8 Å². The van der Waals surface area contributed by atoms with E-state index in [-0.39, 0.29) is 35.6 Å². The maximum absolute atomic E-state index is 11.9. The van der Waals surface area contributed by atoms with Gasteiger partial charge in [0.2, 0.25) is 0 Å². The second-order valence-corrected chi connectivity index (χ2v) is 6.97. The first kappa shape index (κ1) is 21.1. The highest BCUT2D eigenvalue weighted by atomic mass is 16.6. The number of anilines is 1. The van der Waals surface area contributed by atoms with E-state index in [2.05, 4.69) is 5.32 Å². The van der Waals surface area contributed by atoms with Crippen LogP contribution in [0.1, 0.15) is 45.6 Å². The van der Waals surface area contributed by atoms with Crippen LogP contribution in [0.2, 0.25) is 0 Å². The third-order valence-electron chi connectivity index (χ3n) is 3.41. The van der Waals surface area contributed by atoms with E-state index in [1.807, 2.05) is 20.8 Å². The molecule has 0 aromatic heterocycles. The monoisotopic (exact) mass is 361 g/mol. The smallest absolute Gasteiger partial charge is 0.328 e. The number of carbonyl (C=O) groups is 2. The van der Waals surface area contributed by atoms with E-state index in [1.54, 1.807) is 13.0 Å². The molecule has 1 atom stereocenters. The quantitative estimate of drug-likeness (QED) is 0.428. The highest BCUT2D eigenvalue weighted by molar-refractivity contribution is 5.85. The Morgan fingerprint density at radius 3 is 2.54 bits per heavy atom. The summed E-state index contributed by atoms with van der Waals surface area (Å²) in [5, 5.41) is 23.4. The molecule has 0 amide bonds. The van der Waals surface area contributed by atoms with Crippen molar-refractivity contribution in [3.05, 3.63) is 33.9 Å². The Hall–Kier alpha value is -2.95. The van der Waals surface area contributed by atoms with E-state index < -0.39 is 16.8 Å². The fourth-order valence-electron chi connectivity index (χ4n) is 2.39. The Morgan fingerprint density at radius 2 is 2.04 bits per heavy atom. The summed E-state index contributed by atoms with van der Waals surface area (Å²) in [4.78, 5) is 34.5. The van der Waals surface area contributed by atoms with Gasteiger partial charge in [0.1, 0.15) is 0 Å². The molecule has 140 valence electrons. The molecule has 1 aromatic carbocycles. The molecule has 8 nitrogen and oxygen atoms in total. The molecule has 1 unspecified atom stereocenters. The molecule has 8 heteroatoms. The summed E-state index contributed by atoms with van der Waals surface area (Å²) in [6, 6.07) is 5.78. The molecule has 0 fully saturated rings. The molecule has 0 aliphatic carbocycles. The number of hydrogen-bond acceptors (Lipinski definition) is 7. The third-order valence-corrected chi connectivity index (χ3v) is 3.41. The second kappa shape index (κ2) is 8.94. The highest BCUT2D eigenvalue weighted by Gasteiger charge is 2.29. The standard InChI is InChI=1S/C18H23N3O5/c1-5-26-17(23)15(10-19)14-7-6-12(8-16(14)21(24)25)20-11-13(22)9-18(2,3)4/h6-8,15,20H,5,9,11H2,1-4H3. The first-order valence-corrected chi connectivity index (χ1v) is 8.19. The molecule has 1 N–H and O–H groups in total. The lowest BCUT2D eigenvalue weighted by atomic mass is 9.90. The van der Waals surface area contributed by atoms with Crippen molar-refractivity contribution in [2.24, 2.45) is 5.41 Å². The van der Waals surface area contributed by atoms with E-state index >= 15 is 0 Å². The number of nitro groups is 1. The topological polar surface area (TPSA) is 122 Å². The minimum Gasteiger partial charge on any atom is -0.465 e. The van der Waals surface area contributed by atoms with Crippen molar-refractivity contribution < 1.29 is 19.2 Å². The zero-order chi connectivity index (χ0) is 19.9. The molecule has 0 spiro atoms. The van der Waals surface area contributed by atoms with E-state index in [4.69, 9.17) is 4.74 Å². The number of benzene rings is 1. The Bertz CT molecular complexity index is 731. The summed E-state index contributed by atoms with van der Waals surface area (Å²) in [5.41, 5.74) is -0.197. The van der Waals surface area contributed by atoms with E-state index in [0.717, 1.165) is 0 Å². The van der Waals surface area contributed by atoms with Gasteiger partial charge in [0.15, 0.2) is 11.7 Å². The van der Waals surface area contributed by atoms with Crippen molar-refractivity contribution in [3.8, 4) is 6.07 Å². The number of rotatable bonds is 8. The van der Waals surface area contributed by atoms with Gasteiger partial charge in [0.25, 0.3) is 5.69 Å². The minimum atomic E-state index is -1.38. The van der Waals surface area contributed by atoms with Gasteiger partial charge >= 0.3 is 5.97 Å². The van der Waals surface area contributed by atoms with Crippen LogP contribution in [-0.2, 0) is 14.3 Å². The summed E-state index contributed by atoms with van der Waals surface area (Å²) in [6.07, 6.45) is 0.375. The molecule has 26 heavy (non-hydrogen) atoms. The molecule has 0 aliphatic heterocycles. The Labute approximate surface area is 152 Å². The number of hydrogen-bond donors (Lipinski definition) is 1. The number of carbonyl (C=O) groups excluding carboxylic acids is 2. The van der Waals surface area contributed by atoms with Crippen LogP contribution in [-0.4, -0.2) is 29.8 Å². The average molecular weight is 361 g/mol. The van der Waals surface area contributed by atoms with Crippen LogP contribution in [0.3, 0.4) is 0 Å². The van der Waals surface area contributed by atoms with Crippen molar-refractivity contribution >= 4 is 23.1 Å². The Kier molecular flexibility index (Phi) is 7.26. The van der Waals surface area contributed by atoms with Crippen LogP contribution >= 0.6 is 0 Å². The fourth-order valence-corrected chi connectivity index (χ4v) is 2.39. The van der Waals surface area contributed by atoms with Gasteiger partial charge in [-0.15, -0.1) is 0 Å². The Morgan fingerprint density at radius 1 is 1.38 bits per heavy atom. The number of nitro benzene ring substituents is 1. The fraction of sp³-hybridized carbons (Fsp3) is 0.500. The predicted octanol–water partition coefficient (Wildman–Crippen LogP) is 3.18. The number of Topliss-reactive ketones (excluding diaryl/α,β-unsaturated/α-hetero) is 1. The number of ketones is 1. The van der Waals surface area contributed by atoms with Crippen LogP contribution in [0.15, 0.2) is 18.2 Å². The van der Waals surface area contributed by atoms with E-state index in [9.17, 15) is 25.0 Å². The molecule has 0 radical (unpaired) electrons. The van der Waals surface area contributed by atoms with Gasteiger partial charge in [-0.3, -0.25) is 19.7 Å². The molecule has 0 heterocycles. The summed E-state index contributed by atoms with van der Waals surface area (Å²) in [5.74, 6) is -2.24. The number of nitriles is 1. The molecule has 0 saturated heterocycles. The van der Waals surface area contributed by atoms with Crippen molar-refractivity contribution in [2.45, 2.75) is 40.0 Å². The zero-order valence-electron chi connectivity index (χ0n) is 15.4. The predicted molar refractivity (Wildman–Crippen MR) is 95.7 cm³/mol. The Balaban J connectivity index is 3.02. The van der Waals surface area contributed by atoms with Gasteiger partial charge in [0, 0.05) is 18.2 Å². The summed E-state index contributed by atoms with van der Waals surface area (Å²) in [6.45, 7) is 7.53. The molecular weight excluding hydrogens is 338 g/mol. The third kappa shape index (κ3) is 6.16. The van der Waals surface area contributed by atoms with Gasteiger partial charge in [-0.25, -0.2) is 0 Å². The number of nitrogens with zero attached hydrogens (tertiary/aromatic N) is 2. The molecule has 0 aliphatic rings.